The maximum atomic E-state index is 13.8. The number of hydrogen-bond acceptors (Lipinski definition) is 5. The van der Waals surface area contributed by atoms with Gasteiger partial charge in [-0.25, -0.2) is 0 Å². The van der Waals surface area contributed by atoms with Gasteiger partial charge < -0.3 is 9.47 Å². The van der Waals surface area contributed by atoms with E-state index in [1.165, 1.54) is 26.9 Å². The Kier molecular flexibility index (Phi) is 6.50. The highest BCUT2D eigenvalue weighted by molar-refractivity contribution is 5.84. The second-order valence-corrected chi connectivity index (χ2v) is 12.0. The summed E-state index contributed by atoms with van der Waals surface area (Å²) >= 11 is 0. The fourth-order valence-electron chi connectivity index (χ4n) is 9.00. The highest BCUT2D eigenvalue weighted by atomic mass is 16.5. The van der Waals surface area contributed by atoms with Gasteiger partial charge in [0.2, 0.25) is 0 Å². The molecule has 0 aromatic rings. The third-order valence-corrected chi connectivity index (χ3v) is 10.4. The molecular formula is C27H42O5. The number of esters is 2. The first-order valence-corrected chi connectivity index (χ1v) is 12.9. The van der Waals surface area contributed by atoms with Crippen molar-refractivity contribution in [1.82, 2.24) is 0 Å². The van der Waals surface area contributed by atoms with Crippen LogP contribution in [0.1, 0.15) is 91.9 Å². The Hall–Kier alpha value is -1.39. The van der Waals surface area contributed by atoms with Gasteiger partial charge >= 0.3 is 11.9 Å². The summed E-state index contributed by atoms with van der Waals surface area (Å²) < 4.78 is 10.4. The molecule has 4 saturated carbocycles. The monoisotopic (exact) mass is 446 g/mol. The van der Waals surface area contributed by atoms with E-state index in [0.29, 0.717) is 48.2 Å². The van der Waals surface area contributed by atoms with E-state index in [1.54, 1.807) is 0 Å². The van der Waals surface area contributed by atoms with Crippen molar-refractivity contribution in [2.45, 2.75) is 98.0 Å². The van der Waals surface area contributed by atoms with Gasteiger partial charge in [0.25, 0.3) is 0 Å². The van der Waals surface area contributed by atoms with Crippen LogP contribution in [0.2, 0.25) is 0 Å². The molecule has 0 radical (unpaired) electrons. The number of rotatable bonds is 5. The van der Waals surface area contributed by atoms with Gasteiger partial charge in [-0.15, -0.1) is 0 Å². The minimum atomic E-state index is -0.185. The Morgan fingerprint density at radius 1 is 1.09 bits per heavy atom. The SMILES string of the molecule is COC(=O)CC[C@@H](C)C1CCC2C3CCC4C[C@H](OC(C)=O)CCC4(C)C3C(=O)CC21C. The molecule has 4 aliphatic rings. The minimum absolute atomic E-state index is 0.0256. The Bertz CT molecular complexity index is 761. The second kappa shape index (κ2) is 8.76. The maximum Gasteiger partial charge on any atom is 0.305 e. The summed E-state index contributed by atoms with van der Waals surface area (Å²) in [7, 11) is 1.45. The fraction of sp³-hybridized carbons (Fsp3) is 0.889. The van der Waals surface area contributed by atoms with E-state index >= 15 is 0 Å². The summed E-state index contributed by atoms with van der Waals surface area (Å²) in [6.45, 7) is 8.51. The van der Waals surface area contributed by atoms with Crippen LogP contribution in [0.15, 0.2) is 0 Å². The van der Waals surface area contributed by atoms with Crippen molar-refractivity contribution in [3.8, 4) is 0 Å². The van der Waals surface area contributed by atoms with E-state index in [9.17, 15) is 14.4 Å². The standard InChI is InChI=1S/C27H42O5/c1-16(6-11-24(30)31-5)21-9-10-22-20-8-7-18-14-19(32-17(2)28)12-13-26(18,3)25(20)23(29)15-27(21,22)4/h16,18-22,25H,6-15H2,1-5H3/t16-,18?,19-,20?,21?,22?,25?,26?,27?/m1/s1. The number of Topliss-reactive ketones (excluding diaryl/α,β-unsaturated/α-hetero) is 1. The van der Waals surface area contributed by atoms with E-state index in [1.807, 2.05) is 0 Å². The third kappa shape index (κ3) is 3.92. The van der Waals surface area contributed by atoms with Crippen LogP contribution in [0.25, 0.3) is 0 Å². The number of ketones is 1. The van der Waals surface area contributed by atoms with Crippen LogP contribution >= 0.6 is 0 Å². The van der Waals surface area contributed by atoms with Crippen molar-refractivity contribution in [2.75, 3.05) is 7.11 Å². The smallest absolute Gasteiger partial charge is 0.305 e. The predicted octanol–water partition coefficient (Wildman–Crippen LogP) is 5.35. The molecular weight excluding hydrogens is 404 g/mol. The Labute approximate surface area is 193 Å². The molecule has 7 unspecified atom stereocenters. The van der Waals surface area contributed by atoms with E-state index in [0.717, 1.165) is 38.5 Å². The molecule has 0 saturated heterocycles. The second-order valence-electron chi connectivity index (χ2n) is 12.0. The Morgan fingerprint density at radius 2 is 1.84 bits per heavy atom. The summed E-state index contributed by atoms with van der Waals surface area (Å²) in [5, 5.41) is 0. The molecule has 0 aromatic heterocycles. The van der Waals surface area contributed by atoms with Crippen molar-refractivity contribution in [3.05, 3.63) is 0 Å². The van der Waals surface area contributed by atoms with E-state index in [-0.39, 0.29) is 34.8 Å². The lowest BCUT2D eigenvalue weighted by Gasteiger charge is -2.60. The third-order valence-electron chi connectivity index (χ3n) is 10.4. The summed E-state index contributed by atoms with van der Waals surface area (Å²) in [4.78, 5) is 37.0. The number of methoxy groups -OCH3 is 1. The van der Waals surface area contributed by atoms with Crippen LogP contribution in [0.3, 0.4) is 0 Å². The predicted molar refractivity (Wildman–Crippen MR) is 122 cm³/mol. The van der Waals surface area contributed by atoms with Gasteiger partial charge in [0.1, 0.15) is 11.9 Å². The lowest BCUT2D eigenvalue weighted by atomic mass is 9.44. The van der Waals surface area contributed by atoms with E-state index in [2.05, 4.69) is 20.8 Å². The largest absolute Gasteiger partial charge is 0.469 e. The van der Waals surface area contributed by atoms with Crippen molar-refractivity contribution in [3.63, 3.8) is 0 Å². The van der Waals surface area contributed by atoms with Crippen LogP contribution in [0.5, 0.6) is 0 Å². The van der Waals surface area contributed by atoms with Crippen molar-refractivity contribution in [1.29, 1.82) is 0 Å². The maximum absolute atomic E-state index is 13.8. The number of ether oxygens (including phenoxy) is 2. The molecule has 9 atom stereocenters. The van der Waals surface area contributed by atoms with Crippen LogP contribution in [-0.4, -0.2) is 30.9 Å². The fourth-order valence-corrected chi connectivity index (χ4v) is 9.00. The summed E-state index contributed by atoms with van der Waals surface area (Å²) in [5.74, 6) is 2.85. The molecule has 32 heavy (non-hydrogen) atoms. The van der Waals surface area contributed by atoms with Crippen molar-refractivity contribution < 1.29 is 23.9 Å². The topological polar surface area (TPSA) is 69.7 Å². The van der Waals surface area contributed by atoms with Gasteiger partial charge in [-0.05, 0) is 91.8 Å². The summed E-state index contributed by atoms with van der Waals surface area (Å²) in [6, 6.07) is 0. The normalized spacial score (nSPS) is 44.1. The number of fused-ring (bicyclic) bond motifs is 5. The molecule has 0 N–H and O–H groups in total. The van der Waals surface area contributed by atoms with E-state index < -0.39 is 0 Å². The van der Waals surface area contributed by atoms with Gasteiger partial charge in [0.15, 0.2) is 0 Å². The number of carbonyl (C=O) groups is 3. The molecule has 0 heterocycles. The molecule has 0 spiro atoms. The minimum Gasteiger partial charge on any atom is -0.469 e. The molecule has 0 aliphatic heterocycles. The van der Waals surface area contributed by atoms with Gasteiger partial charge in [0, 0.05) is 25.7 Å². The molecule has 5 nitrogen and oxygen atoms in total. The zero-order valence-electron chi connectivity index (χ0n) is 20.7. The average molecular weight is 447 g/mol. The number of hydrogen-bond donors (Lipinski definition) is 0. The zero-order chi connectivity index (χ0) is 23.3. The lowest BCUT2D eigenvalue weighted by molar-refractivity contribution is -0.169. The van der Waals surface area contributed by atoms with Crippen LogP contribution in [0.4, 0.5) is 0 Å². The lowest BCUT2D eigenvalue weighted by Crippen LogP contribution is -2.58. The first-order valence-electron chi connectivity index (χ1n) is 12.9. The Morgan fingerprint density at radius 3 is 2.53 bits per heavy atom. The molecule has 0 aromatic carbocycles. The highest BCUT2D eigenvalue weighted by Crippen LogP contribution is 2.67. The summed E-state index contributed by atoms with van der Waals surface area (Å²) in [6.07, 6.45) is 9.51. The van der Waals surface area contributed by atoms with Crippen LogP contribution in [-0.2, 0) is 23.9 Å². The number of carbonyl (C=O) groups excluding carboxylic acids is 3. The molecule has 5 heteroatoms. The van der Waals surface area contributed by atoms with Gasteiger partial charge in [-0.1, -0.05) is 20.8 Å². The highest BCUT2D eigenvalue weighted by Gasteiger charge is 2.63. The first-order chi connectivity index (χ1) is 15.1. The van der Waals surface area contributed by atoms with E-state index in [4.69, 9.17) is 9.47 Å². The van der Waals surface area contributed by atoms with Gasteiger partial charge in [-0.2, -0.15) is 0 Å². The molecule has 4 rings (SSSR count). The first kappa shape index (κ1) is 23.8. The molecule has 0 amide bonds. The zero-order valence-corrected chi connectivity index (χ0v) is 20.7. The van der Waals surface area contributed by atoms with Crippen molar-refractivity contribution >= 4 is 17.7 Å². The Balaban J connectivity index is 1.50. The molecule has 0 bridgehead atoms. The molecule has 4 aliphatic carbocycles. The van der Waals surface area contributed by atoms with Gasteiger partial charge in [0.05, 0.1) is 7.11 Å². The van der Waals surface area contributed by atoms with Crippen molar-refractivity contribution in [2.24, 2.45) is 46.3 Å². The van der Waals surface area contributed by atoms with Crippen LogP contribution in [0, 0.1) is 46.3 Å². The van der Waals surface area contributed by atoms with Gasteiger partial charge in [-0.3, -0.25) is 14.4 Å². The summed E-state index contributed by atoms with van der Waals surface area (Å²) in [5.41, 5.74) is 0.110. The average Bonchev–Trinajstić information content (AvgIpc) is 3.07. The quantitative estimate of drug-likeness (QED) is 0.533. The molecule has 4 fully saturated rings. The molecule has 180 valence electrons. The van der Waals surface area contributed by atoms with Crippen LogP contribution < -0.4 is 0 Å².